The topological polar surface area (TPSA) is 101 Å². The van der Waals surface area contributed by atoms with Crippen molar-refractivity contribution in [1.82, 2.24) is 4.98 Å². The first-order chi connectivity index (χ1) is 12.3. The van der Waals surface area contributed by atoms with E-state index in [1.54, 1.807) is 18.3 Å². The van der Waals surface area contributed by atoms with Crippen LogP contribution in [0.3, 0.4) is 0 Å². The predicted molar refractivity (Wildman–Crippen MR) is 95.5 cm³/mol. The second-order valence-corrected chi connectivity index (χ2v) is 7.29. The second-order valence-electron chi connectivity index (χ2n) is 5.41. The number of rotatable bonds is 5. The van der Waals surface area contributed by atoms with Gasteiger partial charge >= 0.3 is 17.9 Å². The summed E-state index contributed by atoms with van der Waals surface area (Å²) in [6.07, 6.45) is -1.12. The van der Waals surface area contributed by atoms with E-state index < -0.39 is 41.7 Å². The lowest BCUT2D eigenvalue weighted by atomic mass is 10.1. The Morgan fingerprint density at radius 2 is 1.69 bits per heavy atom. The van der Waals surface area contributed by atoms with E-state index in [9.17, 15) is 14.4 Å². The molecule has 26 heavy (non-hydrogen) atoms. The predicted octanol–water partition coefficient (Wildman–Crippen LogP) is 2.09. The van der Waals surface area contributed by atoms with Gasteiger partial charge < -0.3 is 18.9 Å². The number of esters is 3. The summed E-state index contributed by atoms with van der Waals surface area (Å²) in [4.78, 5) is 38.5. The van der Waals surface area contributed by atoms with Crippen molar-refractivity contribution in [2.75, 3.05) is 5.75 Å². The van der Waals surface area contributed by atoms with Crippen LogP contribution < -0.4 is 4.74 Å². The maximum atomic E-state index is 11.6. The molecule has 0 radical (unpaired) electrons. The SMILES string of the molecule is CC(=O)O[C@H]1[C@H](OC(C)=O)CSC(Oc2cccnc2Br)[C@@H]1OC(C)=O. The molecule has 1 unspecified atom stereocenters. The smallest absolute Gasteiger partial charge is 0.303 e. The molecule has 1 aromatic heterocycles. The Bertz CT molecular complexity index is 686. The minimum Gasteiger partial charge on any atom is -0.473 e. The standard InChI is InChI=1S/C16H18BrNO7S/c1-8(19)22-12-7-26-16(25-11-5-4-6-18-15(11)17)14(24-10(3)21)13(12)23-9(2)20/h4-6,12-14,16H,7H2,1-3H3/t12-,13+,14-,16?/m1/s1. The van der Waals surface area contributed by atoms with E-state index in [-0.39, 0.29) is 0 Å². The van der Waals surface area contributed by atoms with Crippen LogP contribution in [0.25, 0.3) is 0 Å². The average Bonchev–Trinajstić information content (AvgIpc) is 2.53. The third-order valence-electron chi connectivity index (χ3n) is 3.27. The lowest BCUT2D eigenvalue weighted by molar-refractivity contribution is -0.186. The number of ether oxygens (including phenoxy) is 4. The van der Waals surface area contributed by atoms with Crippen molar-refractivity contribution in [2.24, 2.45) is 0 Å². The minimum absolute atomic E-state index is 0.303. The Hall–Kier alpha value is -1.81. The summed E-state index contributed by atoms with van der Waals surface area (Å²) in [5.74, 6) is -0.941. The number of pyridine rings is 1. The fourth-order valence-corrected chi connectivity index (χ4v) is 3.95. The number of hydrogen-bond acceptors (Lipinski definition) is 9. The van der Waals surface area contributed by atoms with Crippen LogP contribution in [0.5, 0.6) is 5.75 Å². The van der Waals surface area contributed by atoms with Gasteiger partial charge in [0.25, 0.3) is 0 Å². The third kappa shape index (κ3) is 5.60. The van der Waals surface area contributed by atoms with Crippen LogP contribution in [0.4, 0.5) is 0 Å². The Labute approximate surface area is 163 Å². The molecule has 1 aliphatic rings. The molecule has 0 amide bonds. The Morgan fingerprint density at radius 1 is 1.08 bits per heavy atom. The molecule has 2 rings (SSSR count). The molecule has 0 aromatic carbocycles. The van der Waals surface area contributed by atoms with E-state index in [4.69, 9.17) is 18.9 Å². The zero-order valence-electron chi connectivity index (χ0n) is 14.3. The summed E-state index contributed by atoms with van der Waals surface area (Å²) >= 11 is 4.57. The summed E-state index contributed by atoms with van der Waals surface area (Å²) < 4.78 is 22.3. The van der Waals surface area contributed by atoms with E-state index in [2.05, 4.69) is 20.9 Å². The summed E-state index contributed by atoms with van der Waals surface area (Å²) in [6.45, 7) is 3.72. The second kappa shape index (κ2) is 9.22. The molecule has 10 heteroatoms. The van der Waals surface area contributed by atoms with Crippen LogP contribution in [0.2, 0.25) is 0 Å². The molecule has 1 aliphatic heterocycles. The first-order valence-electron chi connectivity index (χ1n) is 7.68. The highest BCUT2D eigenvalue weighted by atomic mass is 79.9. The van der Waals surface area contributed by atoms with Gasteiger partial charge in [-0.05, 0) is 28.1 Å². The number of thioether (sulfide) groups is 1. The molecule has 0 saturated carbocycles. The van der Waals surface area contributed by atoms with Crippen LogP contribution in [-0.4, -0.2) is 52.4 Å². The first kappa shape index (κ1) is 20.5. The van der Waals surface area contributed by atoms with Gasteiger partial charge in [-0.15, -0.1) is 11.8 Å². The van der Waals surface area contributed by atoms with Crippen LogP contribution >= 0.6 is 27.7 Å². The van der Waals surface area contributed by atoms with Gasteiger partial charge in [0.15, 0.2) is 29.5 Å². The van der Waals surface area contributed by atoms with Gasteiger partial charge in [0.2, 0.25) is 0 Å². The number of aromatic nitrogens is 1. The molecule has 0 N–H and O–H groups in total. The highest BCUT2D eigenvalue weighted by Crippen LogP contribution is 2.35. The fourth-order valence-electron chi connectivity index (χ4n) is 2.39. The van der Waals surface area contributed by atoms with E-state index in [1.807, 2.05) is 0 Å². The van der Waals surface area contributed by atoms with Gasteiger partial charge in [0, 0.05) is 32.7 Å². The summed E-state index contributed by atoms with van der Waals surface area (Å²) in [6, 6.07) is 3.39. The van der Waals surface area contributed by atoms with E-state index in [0.717, 1.165) is 0 Å². The summed E-state index contributed by atoms with van der Waals surface area (Å²) in [7, 11) is 0. The lowest BCUT2D eigenvalue weighted by Gasteiger charge is -2.39. The summed E-state index contributed by atoms with van der Waals surface area (Å²) in [5.41, 5.74) is -0.685. The van der Waals surface area contributed by atoms with Crippen molar-refractivity contribution in [1.29, 1.82) is 0 Å². The minimum atomic E-state index is -0.984. The van der Waals surface area contributed by atoms with Gasteiger partial charge in [-0.1, -0.05) is 0 Å². The monoisotopic (exact) mass is 447 g/mol. The normalized spacial score (nSPS) is 25.1. The Morgan fingerprint density at radius 3 is 2.27 bits per heavy atom. The Balaban J connectivity index is 2.29. The fraction of sp³-hybridized carbons (Fsp3) is 0.500. The van der Waals surface area contributed by atoms with Crippen LogP contribution in [-0.2, 0) is 28.6 Å². The van der Waals surface area contributed by atoms with Gasteiger partial charge in [-0.25, -0.2) is 4.98 Å². The van der Waals surface area contributed by atoms with Crippen molar-refractivity contribution in [2.45, 2.75) is 44.5 Å². The molecular formula is C16H18BrNO7S. The molecule has 0 spiro atoms. The number of hydrogen-bond donors (Lipinski definition) is 0. The number of halogens is 1. The molecular weight excluding hydrogens is 430 g/mol. The van der Waals surface area contributed by atoms with Gasteiger partial charge in [-0.3, -0.25) is 14.4 Å². The number of nitrogens with zero attached hydrogens (tertiary/aromatic N) is 1. The zero-order valence-corrected chi connectivity index (χ0v) is 16.7. The van der Waals surface area contributed by atoms with E-state index in [0.29, 0.717) is 16.1 Å². The number of carbonyl (C=O) groups excluding carboxylic acids is 3. The first-order valence-corrected chi connectivity index (χ1v) is 9.52. The summed E-state index contributed by atoms with van der Waals surface area (Å²) in [5, 5.41) is 0. The molecule has 2 heterocycles. The highest BCUT2D eigenvalue weighted by Gasteiger charge is 2.47. The average molecular weight is 448 g/mol. The third-order valence-corrected chi connectivity index (χ3v) is 5.08. The maximum absolute atomic E-state index is 11.6. The van der Waals surface area contributed by atoms with Gasteiger partial charge in [-0.2, -0.15) is 0 Å². The lowest BCUT2D eigenvalue weighted by Crippen LogP contribution is -2.55. The van der Waals surface area contributed by atoms with Crippen molar-refractivity contribution < 1.29 is 33.3 Å². The maximum Gasteiger partial charge on any atom is 0.303 e. The molecule has 8 nitrogen and oxygen atoms in total. The molecule has 0 bridgehead atoms. The highest BCUT2D eigenvalue weighted by molar-refractivity contribution is 9.10. The molecule has 1 aromatic rings. The van der Waals surface area contributed by atoms with Crippen molar-refractivity contribution >= 4 is 45.6 Å². The van der Waals surface area contributed by atoms with Crippen molar-refractivity contribution in [3.05, 3.63) is 22.9 Å². The Kier molecular flexibility index (Phi) is 7.27. The van der Waals surface area contributed by atoms with Crippen molar-refractivity contribution in [3.63, 3.8) is 0 Å². The molecule has 4 atom stereocenters. The van der Waals surface area contributed by atoms with Crippen LogP contribution in [0, 0.1) is 0 Å². The zero-order chi connectivity index (χ0) is 19.3. The van der Waals surface area contributed by atoms with Crippen molar-refractivity contribution in [3.8, 4) is 5.75 Å². The van der Waals surface area contributed by atoms with E-state index in [1.165, 1.54) is 32.5 Å². The molecule has 1 fully saturated rings. The van der Waals surface area contributed by atoms with Crippen LogP contribution in [0.15, 0.2) is 22.9 Å². The number of carbonyl (C=O) groups is 3. The van der Waals surface area contributed by atoms with Crippen LogP contribution in [0.1, 0.15) is 20.8 Å². The quantitative estimate of drug-likeness (QED) is 0.381. The largest absolute Gasteiger partial charge is 0.473 e. The molecule has 142 valence electrons. The molecule has 1 saturated heterocycles. The van der Waals surface area contributed by atoms with E-state index >= 15 is 0 Å². The van der Waals surface area contributed by atoms with Gasteiger partial charge in [0.05, 0.1) is 0 Å². The molecule has 0 aliphatic carbocycles. The van der Waals surface area contributed by atoms with Gasteiger partial charge in [0.1, 0.15) is 4.60 Å².